The van der Waals surface area contributed by atoms with E-state index in [1.807, 2.05) is 23.8 Å². The lowest BCUT2D eigenvalue weighted by molar-refractivity contribution is -0.153. The van der Waals surface area contributed by atoms with Gasteiger partial charge in [-0.3, -0.25) is 14.4 Å². The van der Waals surface area contributed by atoms with Crippen LogP contribution >= 0.6 is 0 Å². The molecule has 2 unspecified atom stereocenters. The minimum atomic E-state index is -0.767. The molecule has 3 atom stereocenters. The van der Waals surface area contributed by atoms with Crippen molar-refractivity contribution in [1.82, 2.24) is 25.8 Å². The molecule has 2 heterocycles. The Morgan fingerprint density at radius 2 is 1.78 bits per heavy atom. The van der Waals surface area contributed by atoms with Crippen LogP contribution in [0, 0.1) is 17.2 Å². The molecule has 1 saturated carbocycles. The van der Waals surface area contributed by atoms with Gasteiger partial charge in [0.15, 0.2) is 0 Å². The number of piperazine rings is 1. The number of amides is 3. The van der Waals surface area contributed by atoms with Gasteiger partial charge in [0.25, 0.3) is 0 Å². The second-order valence-corrected chi connectivity index (χ2v) is 12.6. The normalized spacial score (nSPS) is 24.0. The van der Waals surface area contributed by atoms with Gasteiger partial charge in [0.2, 0.25) is 17.7 Å². The third kappa shape index (κ3) is 7.86. The van der Waals surface area contributed by atoms with Crippen LogP contribution in [0.2, 0.25) is 0 Å². The average Bonchev–Trinajstić information content (AvgIpc) is 3.00. The van der Waals surface area contributed by atoms with E-state index in [1.165, 1.54) is 18.6 Å². The number of hydrogen-bond acceptors (Lipinski definition) is 5. The van der Waals surface area contributed by atoms with Gasteiger partial charge in [-0.05, 0) is 62.6 Å². The molecule has 0 spiro atoms. The van der Waals surface area contributed by atoms with Crippen LogP contribution in [0.5, 0.6) is 0 Å². The predicted octanol–water partition coefficient (Wildman–Crippen LogP) is 3.25. The van der Waals surface area contributed by atoms with Gasteiger partial charge in [0.1, 0.15) is 11.9 Å². The minimum Gasteiger partial charge on any atom is -0.345 e. The highest BCUT2D eigenvalue weighted by Crippen LogP contribution is 2.47. The number of nitrogens with one attached hydrogen (secondary N) is 3. The lowest BCUT2D eigenvalue weighted by Gasteiger charge is -2.48. The molecule has 3 fully saturated rings. The number of carbonyl (C=O) groups excluding carboxylic acids is 3. The molecule has 1 aliphatic carbocycles. The zero-order chi connectivity index (χ0) is 29.4. The lowest BCUT2D eigenvalue weighted by atomic mass is 9.63. The summed E-state index contributed by atoms with van der Waals surface area (Å²) in [4.78, 5) is 45.0. The number of nitrogens with zero attached hydrogens (tertiary/aromatic N) is 2. The van der Waals surface area contributed by atoms with E-state index in [2.05, 4.69) is 22.9 Å². The highest BCUT2D eigenvalue weighted by Gasteiger charge is 2.49. The summed E-state index contributed by atoms with van der Waals surface area (Å²) in [6, 6.07) is 5.04. The summed E-state index contributed by atoms with van der Waals surface area (Å²) in [7, 11) is 1.93. The Morgan fingerprint density at radius 1 is 1.10 bits per heavy atom. The number of halogens is 1. The summed E-state index contributed by atoms with van der Waals surface area (Å²) in [5.41, 5.74) is 0.359. The fourth-order valence-corrected chi connectivity index (χ4v) is 7.08. The maximum absolute atomic E-state index is 14.0. The molecule has 1 aromatic carbocycles. The number of benzene rings is 1. The monoisotopic (exact) mass is 571 g/mol. The third-order valence-electron chi connectivity index (χ3n) is 9.54. The van der Waals surface area contributed by atoms with E-state index in [4.69, 9.17) is 0 Å². The third-order valence-corrected chi connectivity index (χ3v) is 9.54. The zero-order valence-electron chi connectivity index (χ0n) is 25.2. The van der Waals surface area contributed by atoms with Crippen molar-refractivity contribution in [2.75, 3.05) is 39.8 Å². The second kappa shape index (κ2) is 14.6. The molecule has 4 rings (SSSR count). The number of rotatable bonds is 10. The van der Waals surface area contributed by atoms with E-state index in [-0.39, 0.29) is 36.0 Å². The van der Waals surface area contributed by atoms with Crippen LogP contribution in [-0.2, 0) is 20.8 Å². The maximum atomic E-state index is 14.0. The summed E-state index contributed by atoms with van der Waals surface area (Å²) >= 11 is 0. The molecule has 2 saturated heterocycles. The van der Waals surface area contributed by atoms with Crippen LogP contribution in [0.4, 0.5) is 4.39 Å². The Balaban J connectivity index is 1.49. The number of carbonyl (C=O) groups is 3. The van der Waals surface area contributed by atoms with Crippen LogP contribution in [0.15, 0.2) is 24.3 Å². The van der Waals surface area contributed by atoms with E-state index < -0.39 is 17.5 Å². The average molecular weight is 572 g/mol. The number of unbranched alkanes of at least 4 members (excludes halogenated alkanes) is 1. The van der Waals surface area contributed by atoms with Crippen molar-refractivity contribution in [3.8, 4) is 0 Å². The first-order valence-corrected chi connectivity index (χ1v) is 15.8. The first-order chi connectivity index (χ1) is 19.7. The van der Waals surface area contributed by atoms with Crippen LogP contribution in [0.25, 0.3) is 0 Å². The van der Waals surface area contributed by atoms with E-state index in [0.29, 0.717) is 38.4 Å². The second-order valence-electron chi connectivity index (χ2n) is 12.6. The van der Waals surface area contributed by atoms with Gasteiger partial charge in [-0.25, -0.2) is 4.39 Å². The van der Waals surface area contributed by atoms with Gasteiger partial charge in [-0.2, -0.15) is 0 Å². The summed E-state index contributed by atoms with van der Waals surface area (Å²) in [5, 5.41) is 9.58. The highest BCUT2D eigenvalue weighted by atomic mass is 19.1. The fourth-order valence-electron chi connectivity index (χ4n) is 7.08. The SMILES string of the molecule is CCCCN(C)C(=O)C1(C2CCCCC2)CCN(C(=O)[C@@H](Cc2ccc(F)cc2)NC(=O)C2CNCC(C)N2)CC1. The molecule has 0 radical (unpaired) electrons. The van der Waals surface area contributed by atoms with Crippen molar-refractivity contribution >= 4 is 17.7 Å². The highest BCUT2D eigenvalue weighted by molar-refractivity contribution is 5.90. The summed E-state index contributed by atoms with van der Waals surface area (Å²) in [6.45, 7) is 7.20. The first-order valence-electron chi connectivity index (χ1n) is 15.8. The van der Waals surface area contributed by atoms with Gasteiger partial charge >= 0.3 is 0 Å². The molecule has 0 aromatic heterocycles. The van der Waals surface area contributed by atoms with Crippen LogP contribution in [0.1, 0.15) is 77.2 Å². The Morgan fingerprint density at radius 3 is 2.41 bits per heavy atom. The van der Waals surface area contributed by atoms with Crippen molar-refractivity contribution in [2.24, 2.45) is 11.3 Å². The zero-order valence-corrected chi connectivity index (χ0v) is 25.2. The van der Waals surface area contributed by atoms with Crippen LogP contribution in [0.3, 0.4) is 0 Å². The van der Waals surface area contributed by atoms with Gasteiger partial charge in [0, 0.05) is 52.2 Å². The number of piperidine rings is 1. The van der Waals surface area contributed by atoms with Crippen molar-refractivity contribution < 1.29 is 18.8 Å². The van der Waals surface area contributed by atoms with E-state index in [1.54, 1.807) is 12.1 Å². The molecule has 228 valence electrons. The first kappa shape index (κ1) is 31.4. The van der Waals surface area contributed by atoms with Gasteiger partial charge in [-0.1, -0.05) is 44.7 Å². The summed E-state index contributed by atoms with van der Waals surface area (Å²) in [6.07, 6.45) is 9.33. The number of likely N-dealkylation sites (tertiary alicyclic amines) is 1. The molecule has 3 N–H and O–H groups in total. The van der Waals surface area contributed by atoms with Crippen molar-refractivity contribution in [3.05, 3.63) is 35.6 Å². The molecule has 2 aliphatic heterocycles. The van der Waals surface area contributed by atoms with E-state index in [0.717, 1.165) is 57.2 Å². The molecule has 0 bridgehead atoms. The van der Waals surface area contributed by atoms with E-state index in [9.17, 15) is 18.8 Å². The van der Waals surface area contributed by atoms with Gasteiger partial charge in [-0.15, -0.1) is 0 Å². The van der Waals surface area contributed by atoms with Crippen molar-refractivity contribution in [2.45, 2.75) is 96.2 Å². The van der Waals surface area contributed by atoms with Gasteiger partial charge < -0.3 is 25.8 Å². The van der Waals surface area contributed by atoms with Gasteiger partial charge in [0.05, 0.1) is 11.5 Å². The van der Waals surface area contributed by atoms with E-state index >= 15 is 0 Å². The van der Waals surface area contributed by atoms with Crippen LogP contribution < -0.4 is 16.0 Å². The Bertz CT molecular complexity index is 1020. The predicted molar refractivity (Wildman–Crippen MR) is 159 cm³/mol. The Labute approximate surface area is 245 Å². The molecule has 41 heavy (non-hydrogen) atoms. The molecule has 8 nitrogen and oxygen atoms in total. The van der Waals surface area contributed by atoms with Crippen LogP contribution in [-0.4, -0.2) is 85.4 Å². The van der Waals surface area contributed by atoms with Crippen molar-refractivity contribution in [1.29, 1.82) is 0 Å². The summed E-state index contributed by atoms with van der Waals surface area (Å²) < 4.78 is 13.6. The Kier molecular flexibility index (Phi) is 11.2. The molecular formula is C32H50FN5O3. The molecular weight excluding hydrogens is 521 g/mol. The maximum Gasteiger partial charge on any atom is 0.245 e. The topological polar surface area (TPSA) is 93.8 Å². The number of hydrogen-bond donors (Lipinski definition) is 3. The molecule has 1 aromatic rings. The van der Waals surface area contributed by atoms with Crippen molar-refractivity contribution in [3.63, 3.8) is 0 Å². The smallest absolute Gasteiger partial charge is 0.245 e. The fraction of sp³-hybridized carbons (Fsp3) is 0.719. The Hall–Kier alpha value is -2.52. The lowest BCUT2D eigenvalue weighted by Crippen LogP contribution is -2.62. The summed E-state index contributed by atoms with van der Waals surface area (Å²) in [5.74, 6) is -0.0946. The standard InChI is InChI=1S/C32H50FN5O3/c1-4-5-17-37(3)31(41)32(25-9-7-6-8-10-25)15-18-38(19-16-32)30(40)27(20-24-11-13-26(33)14-12-24)36-29(39)28-22-34-21-23(2)35-28/h11-14,23,25,27-28,34-35H,4-10,15-22H2,1-3H3,(H,36,39)/t23?,27-,28?/m1/s1. The quantitative estimate of drug-likeness (QED) is 0.401. The molecule has 3 aliphatic rings. The minimum absolute atomic E-state index is 0.136. The molecule has 9 heteroatoms. The molecule has 3 amide bonds. The largest absolute Gasteiger partial charge is 0.345 e.